The molecule has 1 aromatic rings. The third-order valence-corrected chi connectivity index (χ3v) is 2.50. The van der Waals surface area contributed by atoms with Gasteiger partial charge in [-0.25, -0.2) is 4.79 Å². The molecular weight excluding hydrogens is 244 g/mol. The Balaban J connectivity index is 2.89. The van der Waals surface area contributed by atoms with E-state index in [0.29, 0.717) is 6.20 Å². The summed E-state index contributed by atoms with van der Waals surface area (Å²) in [5, 5.41) is 9.18. The summed E-state index contributed by atoms with van der Waals surface area (Å²) in [6, 6.07) is 0. The van der Waals surface area contributed by atoms with Gasteiger partial charge in [-0.15, -0.1) is 0 Å². The van der Waals surface area contributed by atoms with Gasteiger partial charge >= 0.3 is 12.7 Å². The first-order valence-corrected chi connectivity index (χ1v) is 5.26. The van der Waals surface area contributed by atoms with Crippen molar-refractivity contribution in [1.29, 1.82) is 0 Å². The molecule has 1 aromatic heterocycles. The zero-order chi connectivity index (χ0) is 13.9. The minimum atomic E-state index is -1.27. The van der Waals surface area contributed by atoms with Crippen molar-refractivity contribution < 1.29 is 14.2 Å². The van der Waals surface area contributed by atoms with Crippen LogP contribution < -0.4 is 11.2 Å². The van der Waals surface area contributed by atoms with Crippen LogP contribution in [0.1, 0.15) is 11.2 Å². The lowest BCUT2D eigenvalue weighted by Gasteiger charge is -2.16. The molecule has 0 saturated carbocycles. The molecule has 1 rings (SSSR count). The molecule has 0 fully saturated rings. The highest BCUT2D eigenvalue weighted by Gasteiger charge is 2.17. The van der Waals surface area contributed by atoms with Gasteiger partial charge in [-0.1, -0.05) is 0 Å². The fourth-order valence-electron chi connectivity index (χ4n) is 1.25. The first kappa shape index (κ1) is 14.3. The number of aromatic amines is 1. The quantitative estimate of drug-likeness (QED) is 0.657. The molecule has 0 unspecified atom stereocenters. The number of aromatic nitrogens is 2. The maximum atomic E-state index is 12.9. The maximum absolute atomic E-state index is 12.9. The summed E-state index contributed by atoms with van der Waals surface area (Å²) in [7, 11) is 0.802. The molecule has 9 heteroatoms. The number of rotatable bonds is 4. The Morgan fingerprint density at radius 2 is 2.22 bits per heavy atom. The number of halogens is 1. The Labute approximate surface area is 102 Å². The molecule has 0 aliphatic rings. The molecule has 0 saturated heterocycles. The van der Waals surface area contributed by atoms with Crippen molar-refractivity contribution in [3.8, 4) is 0 Å². The highest BCUT2D eigenvalue weighted by Crippen LogP contribution is 1.92. The second-order valence-electron chi connectivity index (χ2n) is 3.84. The second-order valence-corrected chi connectivity index (χ2v) is 3.84. The van der Waals surface area contributed by atoms with Crippen molar-refractivity contribution in [2.24, 2.45) is 0 Å². The summed E-state index contributed by atoms with van der Waals surface area (Å²) in [5.74, 6) is -2.03. The lowest BCUT2D eigenvalue weighted by Crippen LogP contribution is -2.43. The molecule has 0 amide bonds. The molecule has 0 atom stereocenters. The van der Waals surface area contributed by atoms with Gasteiger partial charge in [-0.05, 0) is 20.4 Å². The van der Waals surface area contributed by atoms with Gasteiger partial charge in [0, 0.05) is 12.6 Å². The van der Waals surface area contributed by atoms with E-state index in [1.165, 1.54) is 11.6 Å². The van der Waals surface area contributed by atoms with Crippen molar-refractivity contribution >= 4 is 13.0 Å². The van der Waals surface area contributed by atoms with Crippen LogP contribution in [0.15, 0.2) is 15.8 Å². The van der Waals surface area contributed by atoms with Gasteiger partial charge < -0.3 is 14.8 Å². The molecule has 2 N–H and O–H groups in total. The average molecular weight is 257 g/mol. The highest BCUT2D eigenvalue weighted by atomic mass is 19.1. The Morgan fingerprint density at radius 1 is 1.61 bits per heavy atom. The Kier molecular flexibility index (Phi) is 4.57. The molecule has 0 bridgehead atoms. The Hall–Kier alpha value is -1.74. The first-order valence-electron chi connectivity index (χ1n) is 5.26. The third kappa shape index (κ3) is 3.14. The molecule has 0 spiro atoms. The van der Waals surface area contributed by atoms with Gasteiger partial charge in [-0.3, -0.25) is 9.59 Å². The zero-order valence-electron chi connectivity index (χ0n) is 10.0. The summed E-state index contributed by atoms with van der Waals surface area (Å²) in [4.78, 5) is 37.6. The molecule has 0 aliphatic heterocycles. The fourth-order valence-corrected chi connectivity index (χ4v) is 1.25. The van der Waals surface area contributed by atoms with Crippen molar-refractivity contribution in [3.05, 3.63) is 32.9 Å². The van der Waals surface area contributed by atoms with E-state index in [2.05, 4.69) is 0 Å². The van der Waals surface area contributed by atoms with E-state index in [4.69, 9.17) is 0 Å². The number of hydrogen-bond acceptors (Lipinski definition) is 5. The molecule has 18 heavy (non-hydrogen) atoms. The van der Waals surface area contributed by atoms with Gasteiger partial charge in [0.05, 0.1) is 0 Å². The molecule has 1 heterocycles. The smallest absolute Gasteiger partial charge is 0.376 e. The van der Waals surface area contributed by atoms with Crippen LogP contribution in [0.25, 0.3) is 0 Å². The Bertz CT molecular complexity index is 553. The summed E-state index contributed by atoms with van der Waals surface area (Å²) < 4.78 is 13.2. The number of hydrogen-bond donors (Lipinski definition) is 2. The van der Waals surface area contributed by atoms with Crippen LogP contribution in [0.2, 0.25) is 6.82 Å². The number of nitrogens with zero attached hydrogens (tertiary/aromatic N) is 2. The highest BCUT2D eigenvalue weighted by molar-refractivity contribution is 6.45. The molecule has 0 aromatic carbocycles. The van der Waals surface area contributed by atoms with Gasteiger partial charge in [0.1, 0.15) is 0 Å². The largest absolute Gasteiger partial charge is 0.437 e. The van der Waals surface area contributed by atoms with Crippen LogP contribution in [0.4, 0.5) is 4.39 Å². The first-order chi connectivity index (χ1) is 8.34. The second kappa shape index (κ2) is 5.74. The molecule has 0 radical (unpaired) electrons. The van der Waals surface area contributed by atoms with Crippen LogP contribution in [-0.2, 0) is 0 Å². The van der Waals surface area contributed by atoms with Crippen molar-refractivity contribution in [2.45, 2.75) is 13.2 Å². The van der Waals surface area contributed by atoms with Crippen LogP contribution in [0.5, 0.6) is 0 Å². The minimum Gasteiger partial charge on any atom is -0.437 e. The predicted octanol–water partition coefficient (Wildman–Crippen LogP) is -1.25. The van der Waals surface area contributed by atoms with Crippen molar-refractivity contribution in [2.75, 3.05) is 13.6 Å². The van der Waals surface area contributed by atoms with Crippen molar-refractivity contribution in [1.82, 2.24) is 14.4 Å². The summed E-state index contributed by atoms with van der Waals surface area (Å²) in [6.07, 6.45) is 0.421. The monoisotopic (exact) mass is 257 g/mol. The SMILES string of the molecule is CB(O)N(C)CCC(=O)n1c(=O)[nH]cc(F)c1=O. The lowest BCUT2D eigenvalue weighted by molar-refractivity contribution is 0.0884. The van der Waals surface area contributed by atoms with E-state index in [9.17, 15) is 23.8 Å². The fraction of sp³-hybridized carbons (Fsp3) is 0.444. The molecule has 98 valence electrons. The number of carbonyl (C=O) groups excluding carboxylic acids is 1. The van der Waals surface area contributed by atoms with Crippen LogP contribution in [-0.4, -0.2) is 45.9 Å². The van der Waals surface area contributed by atoms with Crippen LogP contribution in [0.3, 0.4) is 0 Å². The maximum Gasteiger partial charge on any atom is 0.376 e. The number of nitrogens with one attached hydrogen (secondary N) is 1. The molecular formula is C9H13BFN3O4. The normalized spacial score (nSPS) is 10.7. The topological polar surface area (TPSA) is 95.4 Å². The van der Waals surface area contributed by atoms with Crippen molar-refractivity contribution in [3.63, 3.8) is 0 Å². The van der Waals surface area contributed by atoms with Crippen LogP contribution >= 0.6 is 0 Å². The average Bonchev–Trinajstić information content (AvgIpc) is 2.31. The summed E-state index contributed by atoms with van der Waals surface area (Å²) in [6.45, 7) is 1.64. The zero-order valence-corrected chi connectivity index (χ0v) is 10.0. The van der Waals surface area contributed by atoms with Crippen LogP contribution in [0, 0.1) is 5.82 Å². The molecule has 0 aliphatic carbocycles. The standard InChI is InChI=1S/C9H13BFN3O4/c1-10(18)13(2)4-3-7(15)14-8(16)6(11)5-12-9(14)17/h5,18H,3-4H2,1-2H3,(H,12,17). The van der Waals surface area contributed by atoms with E-state index in [0.717, 1.165) is 0 Å². The van der Waals surface area contributed by atoms with Gasteiger partial charge in [0.25, 0.3) is 5.56 Å². The molecule has 7 nitrogen and oxygen atoms in total. The number of H-pyrrole nitrogens is 1. The third-order valence-electron chi connectivity index (χ3n) is 2.50. The van der Waals surface area contributed by atoms with E-state index in [1.54, 1.807) is 7.05 Å². The van der Waals surface area contributed by atoms with Gasteiger partial charge in [0.2, 0.25) is 11.7 Å². The lowest BCUT2D eigenvalue weighted by atomic mass is 9.86. The summed E-state index contributed by atoms with van der Waals surface area (Å²) in [5.41, 5.74) is -2.26. The van der Waals surface area contributed by atoms with E-state index in [1.807, 2.05) is 4.98 Å². The number of carbonyl (C=O) groups is 1. The summed E-state index contributed by atoms with van der Waals surface area (Å²) >= 11 is 0. The van der Waals surface area contributed by atoms with Gasteiger partial charge in [-0.2, -0.15) is 8.96 Å². The van der Waals surface area contributed by atoms with E-state index < -0.39 is 30.0 Å². The predicted molar refractivity (Wildman–Crippen MR) is 63.0 cm³/mol. The van der Waals surface area contributed by atoms with Gasteiger partial charge in [0.15, 0.2) is 0 Å². The Morgan fingerprint density at radius 3 is 2.78 bits per heavy atom. The van der Waals surface area contributed by atoms with E-state index in [-0.39, 0.29) is 17.5 Å². The minimum absolute atomic E-state index is 0.138. The van der Waals surface area contributed by atoms with E-state index >= 15 is 0 Å².